The van der Waals surface area contributed by atoms with Crippen LogP contribution in [0.5, 0.6) is 11.5 Å². The highest BCUT2D eigenvalue weighted by molar-refractivity contribution is 6.30. The smallest absolute Gasteiger partial charge is 0.253 e. The van der Waals surface area contributed by atoms with Gasteiger partial charge in [0.2, 0.25) is 0 Å². The van der Waals surface area contributed by atoms with Gasteiger partial charge in [-0.05, 0) is 48.2 Å². The maximum atomic E-state index is 12.8. The number of hydrogen-bond donors (Lipinski definition) is 2. The lowest BCUT2D eigenvalue weighted by molar-refractivity contribution is -0.130. The summed E-state index contributed by atoms with van der Waals surface area (Å²) in [7, 11) is 1.62. The number of aliphatic hydroxyl groups is 1. The third-order valence-corrected chi connectivity index (χ3v) is 6.00. The van der Waals surface area contributed by atoms with E-state index in [-0.39, 0.29) is 12.0 Å². The zero-order valence-electron chi connectivity index (χ0n) is 18.6. The van der Waals surface area contributed by atoms with E-state index in [9.17, 15) is 9.90 Å². The second-order valence-electron chi connectivity index (χ2n) is 7.87. The number of rotatable bonds is 7. The van der Waals surface area contributed by atoms with Crippen LogP contribution >= 0.6 is 11.6 Å². The largest absolute Gasteiger partial charge is 0.493 e. The molecule has 0 aliphatic heterocycles. The van der Waals surface area contributed by atoms with E-state index in [0.29, 0.717) is 28.7 Å². The minimum atomic E-state index is -1.23. The van der Waals surface area contributed by atoms with Crippen molar-refractivity contribution in [1.82, 2.24) is 5.32 Å². The molecule has 1 aliphatic carbocycles. The molecule has 5 nitrogen and oxygen atoms in total. The summed E-state index contributed by atoms with van der Waals surface area (Å²) >= 11 is 5.91. The van der Waals surface area contributed by atoms with E-state index in [1.54, 1.807) is 31.4 Å². The van der Waals surface area contributed by atoms with Gasteiger partial charge >= 0.3 is 0 Å². The molecular formula is C26H30ClNO4. The Bertz CT molecular complexity index is 964. The van der Waals surface area contributed by atoms with Gasteiger partial charge in [-0.15, -0.1) is 5.92 Å². The van der Waals surface area contributed by atoms with Crippen molar-refractivity contribution in [3.63, 3.8) is 0 Å². The minimum Gasteiger partial charge on any atom is -0.493 e. The predicted octanol–water partition coefficient (Wildman–Crippen LogP) is 5.02. The fraction of sp³-hybridized carbons (Fsp3) is 0.423. The lowest BCUT2D eigenvalue weighted by atomic mass is 9.79. The number of carbonyl (C=O) groups is 1. The highest BCUT2D eigenvalue weighted by Crippen LogP contribution is 2.38. The molecule has 2 aromatic rings. The number of halogens is 1. The van der Waals surface area contributed by atoms with E-state index in [0.717, 1.165) is 37.7 Å². The van der Waals surface area contributed by atoms with Crippen LogP contribution in [0.15, 0.2) is 42.5 Å². The lowest BCUT2D eigenvalue weighted by Gasteiger charge is -2.33. The molecule has 0 aromatic heterocycles. The summed E-state index contributed by atoms with van der Waals surface area (Å²) in [6, 6.07) is 12.5. The molecule has 1 fully saturated rings. The average molecular weight is 456 g/mol. The van der Waals surface area contributed by atoms with Crippen molar-refractivity contribution in [2.45, 2.75) is 57.1 Å². The van der Waals surface area contributed by atoms with Crippen molar-refractivity contribution in [1.29, 1.82) is 0 Å². The number of hydrogen-bond acceptors (Lipinski definition) is 4. The predicted molar refractivity (Wildman–Crippen MR) is 126 cm³/mol. The number of benzene rings is 2. The van der Waals surface area contributed by atoms with Crippen molar-refractivity contribution < 1.29 is 19.4 Å². The molecule has 3 atom stereocenters. The van der Waals surface area contributed by atoms with E-state index in [1.807, 2.05) is 25.1 Å². The third kappa shape index (κ3) is 6.18. The molecule has 0 radical (unpaired) electrons. The molecule has 1 saturated carbocycles. The number of amides is 1. The SMILES string of the molecule is CCC#CCOc1ccc(C2CCCCC2NC(=O)C(O)c2ccc(Cl)cc2)cc1OC. The van der Waals surface area contributed by atoms with Gasteiger partial charge in [-0.2, -0.15) is 0 Å². The number of nitrogens with one attached hydrogen (secondary N) is 1. The zero-order valence-corrected chi connectivity index (χ0v) is 19.3. The molecule has 3 rings (SSSR count). The van der Waals surface area contributed by atoms with Gasteiger partial charge in [0.25, 0.3) is 5.91 Å². The molecule has 32 heavy (non-hydrogen) atoms. The van der Waals surface area contributed by atoms with E-state index in [2.05, 4.69) is 17.2 Å². The fourth-order valence-corrected chi connectivity index (χ4v) is 4.21. The first-order valence-corrected chi connectivity index (χ1v) is 11.4. The van der Waals surface area contributed by atoms with Crippen molar-refractivity contribution in [2.24, 2.45) is 0 Å². The molecule has 1 aliphatic rings. The second kappa shape index (κ2) is 11.8. The fourth-order valence-electron chi connectivity index (χ4n) is 4.08. The standard InChI is InChI=1S/C26H30ClNO4/c1-3-4-7-16-32-23-15-12-19(17-24(23)31-2)21-8-5-6-9-22(21)28-26(30)25(29)18-10-13-20(27)14-11-18/h10-15,17,21-22,25,29H,3,5-6,8-9,16H2,1-2H3,(H,28,30). The molecule has 3 unspecified atom stereocenters. The average Bonchev–Trinajstić information content (AvgIpc) is 2.82. The Morgan fingerprint density at radius 3 is 2.62 bits per heavy atom. The van der Waals surface area contributed by atoms with E-state index in [4.69, 9.17) is 21.1 Å². The van der Waals surface area contributed by atoms with Gasteiger partial charge in [0, 0.05) is 23.4 Å². The number of ether oxygens (including phenoxy) is 2. The number of aliphatic hydroxyl groups excluding tert-OH is 1. The first-order chi connectivity index (χ1) is 15.5. The number of carbonyl (C=O) groups excluding carboxylic acids is 1. The van der Waals surface area contributed by atoms with Gasteiger partial charge in [-0.25, -0.2) is 0 Å². The molecule has 0 heterocycles. The van der Waals surface area contributed by atoms with Gasteiger partial charge in [0.05, 0.1) is 7.11 Å². The van der Waals surface area contributed by atoms with Crippen molar-refractivity contribution in [2.75, 3.05) is 13.7 Å². The molecule has 0 saturated heterocycles. The molecule has 170 valence electrons. The Morgan fingerprint density at radius 1 is 1.16 bits per heavy atom. The summed E-state index contributed by atoms with van der Waals surface area (Å²) in [5, 5.41) is 14.1. The van der Waals surface area contributed by atoms with Crippen molar-refractivity contribution in [3.05, 3.63) is 58.6 Å². The monoisotopic (exact) mass is 455 g/mol. The Hall–Kier alpha value is -2.68. The van der Waals surface area contributed by atoms with E-state index >= 15 is 0 Å². The molecule has 2 N–H and O–H groups in total. The quantitative estimate of drug-likeness (QED) is 0.575. The Balaban J connectivity index is 1.72. The topological polar surface area (TPSA) is 67.8 Å². The zero-order chi connectivity index (χ0) is 22.9. The summed E-state index contributed by atoms with van der Waals surface area (Å²) in [5.41, 5.74) is 1.61. The van der Waals surface area contributed by atoms with Crippen LogP contribution in [0.2, 0.25) is 5.02 Å². The molecule has 6 heteroatoms. The minimum absolute atomic E-state index is 0.0647. The highest BCUT2D eigenvalue weighted by atomic mass is 35.5. The highest BCUT2D eigenvalue weighted by Gasteiger charge is 2.30. The van der Waals surface area contributed by atoms with Gasteiger partial charge in [0.1, 0.15) is 6.61 Å². The lowest BCUT2D eigenvalue weighted by Crippen LogP contribution is -2.43. The van der Waals surface area contributed by atoms with E-state index < -0.39 is 12.0 Å². The second-order valence-corrected chi connectivity index (χ2v) is 8.30. The summed E-state index contributed by atoms with van der Waals surface area (Å²) in [4.78, 5) is 12.8. The number of methoxy groups -OCH3 is 1. The van der Waals surface area contributed by atoms with Gasteiger partial charge < -0.3 is 19.9 Å². The van der Waals surface area contributed by atoms with E-state index in [1.165, 1.54) is 0 Å². The summed E-state index contributed by atoms with van der Waals surface area (Å²) in [6.07, 6.45) is 3.49. The summed E-state index contributed by atoms with van der Waals surface area (Å²) < 4.78 is 11.3. The van der Waals surface area contributed by atoms with Crippen LogP contribution in [0.4, 0.5) is 0 Å². The first kappa shape index (κ1) is 24.0. The van der Waals surface area contributed by atoms with Crippen LogP contribution in [0.1, 0.15) is 62.2 Å². The van der Waals surface area contributed by atoms with Crippen LogP contribution in [0.25, 0.3) is 0 Å². The molecule has 2 aromatic carbocycles. The van der Waals surface area contributed by atoms with Crippen LogP contribution in [-0.2, 0) is 4.79 Å². The van der Waals surface area contributed by atoms with Crippen LogP contribution in [0.3, 0.4) is 0 Å². The Morgan fingerprint density at radius 2 is 1.91 bits per heavy atom. The third-order valence-electron chi connectivity index (χ3n) is 5.75. The van der Waals surface area contributed by atoms with Crippen molar-refractivity contribution >= 4 is 17.5 Å². The first-order valence-electron chi connectivity index (χ1n) is 11.0. The molecular weight excluding hydrogens is 426 g/mol. The van der Waals surface area contributed by atoms with Crippen LogP contribution in [0, 0.1) is 11.8 Å². The maximum absolute atomic E-state index is 12.8. The summed E-state index contributed by atoms with van der Waals surface area (Å²) in [5.74, 6) is 6.98. The van der Waals surface area contributed by atoms with Gasteiger partial charge in [-0.3, -0.25) is 4.79 Å². The normalized spacial score (nSPS) is 18.8. The maximum Gasteiger partial charge on any atom is 0.253 e. The molecule has 0 bridgehead atoms. The van der Waals surface area contributed by atoms with Crippen LogP contribution < -0.4 is 14.8 Å². The van der Waals surface area contributed by atoms with Gasteiger partial charge in [-0.1, -0.05) is 55.5 Å². The van der Waals surface area contributed by atoms with Gasteiger partial charge in [0.15, 0.2) is 17.6 Å². The molecule has 0 spiro atoms. The Labute approximate surface area is 195 Å². The van der Waals surface area contributed by atoms with Crippen molar-refractivity contribution in [3.8, 4) is 23.3 Å². The Kier molecular flexibility index (Phi) is 8.84. The summed E-state index contributed by atoms with van der Waals surface area (Å²) in [6.45, 7) is 2.31. The molecule has 1 amide bonds. The van der Waals surface area contributed by atoms with Crippen LogP contribution in [-0.4, -0.2) is 30.8 Å².